The second-order valence-electron chi connectivity index (χ2n) is 6.58. The Kier molecular flexibility index (Phi) is 5.91. The molecule has 0 saturated carbocycles. The molecule has 1 aliphatic rings. The number of nitrogens with one attached hydrogen (secondary N) is 1. The number of nitrogens with zero attached hydrogens (tertiary/aromatic N) is 2. The Morgan fingerprint density at radius 1 is 1.26 bits per heavy atom. The van der Waals surface area contributed by atoms with E-state index < -0.39 is 6.09 Å². The van der Waals surface area contributed by atoms with E-state index in [1.807, 2.05) is 12.1 Å². The molecule has 0 fully saturated rings. The fourth-order valence-electron chi connectivity index (χ4n) is 3.21. The predicted molar refractivity (Wildman–Crippen MR) is 110 cm³/mol. The zero-order valence-electron chi connectivity index (χ0n) is 15.7. The molecular formula is C22H25N3O2. The maximum Gasteiger partial charge on any atom is 0.412 e. The predicted octanol–water partition coefficient (Wildman–Crippen LogP) is 4.08. The molecule has 1 aliphatic heterocycles. The minimum atomic E-state index is -0.480. The lowest BCUT2D eigenvalue weighted by Crippen LogP contribution is -2.29. The third kappa shape index (κ3) is 4.56. The highest BCUT2D eigenvalue weighted by atomic mass is 16.6. The molecule has 2 aromatic rings. The summed E-state index contributed by atoms with van der Waals surface area (Å²) in [6.45, 7) is 9.02. The Labute approximate surface area is 160 Å². The van der Waals surface area contributed by atoms with Crippen molar-refractivity contribution in [2.75, 3.05) is 25.0 Å². The van der Waals surface area contributed by atoms with E-state index in [0.717, 1.165) is 35.6 Å². The average Bonchev–Trinajstić information content (AvgIpc) is 2.68. The molecule has 0 unspecified atom stereocenters. The average molecular weight is 363 g/mol. The first-order valence-electron chi connectivity index (χ1n) is 9.15. The molecular weight excluding hydrogens is 338 g/mol. The first-order valence-corrected chi connectivity index (χ1v) is 9.15. The molecule has 0 saturated heterocycles. The number of anilines is 1. The highest BCUT2D eigenvalue weighted by Crippen LogP contribution is 2.24. The Hall–Kier alpha value is -3.08. The van der Waals surface area contributed by atoms with Gasteiger partial charge < -0.3 is 15.0 Å². The Balaban J connectivity index is 1.53. The monoisotopic (exact) mass is 363 g/mol. The van der Waals surface area contributed by atoms with Crippen LogP contribution >= 0.6 is 0 Å². The minimum absolute atomic E-state index is 0.466. The van der Waals surface area contributed by atoms with Gasteiger partial charge in [-0.15, -0.1) is 0 Å². The van der Waals surface area contributed by atoms with E-state index in [-0.39, 0.29) is 0 Å². The van der Waals surface area contributed by atoms with Crippen LogP contribution in [0.4, 0.5) is 10.6 Å². The van der Waals surface area contributed by atoms with Crippen molar-refractivity contribution < 1.29 is 9.53 Å². The topological polar surface area (TPSA) is 54.5 Å². The molecule has 1 aromatic heterocycles. The first-order chi connectivity index (χ1) is 13.1. The summed E-state index contributed by atoms with van der Waals surface area (Å²) < 4.78 is 5.34. The first kappa shape index (κ1) is 18.7. The van der Waals surface area contributed by atoms with Gasteiger partial charge in [0.25, 0.3) is 0 Å². The van der Waals surface area contributed by atoms with E-state index in [1.54, 1.807) is 24.3 Å². The van der Waals surface area contributed by atoms with Crippen molar-refractivity contribution in [1.82, 2.24) is 10.3 Å². The highest BCUT2D eigenvalue weighted by molar-refractivity contribution is 5.72. The van der Waals surface area contributed by atoms with Crippen molar-refractivity contribution in [2.45, 2.75) is 19.3 Å². The van der Waals surface area contributed by atoms with Crippen LogP contribution in [0.3, 0.4) is 0 Å². The smallest absolute Gasteiger partial charge is 0.410 e. The Bertz CT molecular complexity index is 861. The van der Waals surface area contributed by atoms with Crippen LogP contribution in [0, 0.1) is 0 Å². The lowest BCUT2D eigenvalue weighted by molar-refractivity contribution is 0.200. The summed E-state index contributed by atoms with van der Waals surface area (Å²) in [6, 6.07) is 9.54. The fraction of sp³-hybridized carbons (Fsp3) is 0.273. The third-order valence-electron chi connectivity index (χ3n) is 4.67. The summed E-state index contributed by atoms with van der Waals surface area (Å²) in [5, 5.41) is 2.78. The molecule has 0 spiro atoms. The lowest BCUT2D eigenvalue weighted by atomic mass is 10.1. The molecule has 0 aliphatic carbocycles. The van der Waals surface area contributed by atoms with Gasteiger partial charge in [0, 0.05) is 32.3 Å². The number of ether oxygens (including phenoxy) is 1. The normalized spacial score (nSPS) is 12.9. The van der Waals surface area contributed by atoms with Crippen LogP contribution < -0.4 is 15.0 Å². The van der Waals surface area contributed by atoms with Crippen molar-refractivity contribution in [3.05, 3.63) is 65.9 Å². The third-order valence-corrected chi connectivity index (χ3v) is 4.67. The van der Waals surface area contributed by atoms with Crippen LogP contribution in [-0.2, 0) is 12.8 Å². The number of amides is 1. The molecule has 27 heavy (non-hydrogen) atoms. The van der Waals surface area contributed by atoms with Crippen molar-refractivity contribution in [1.29, 1.82) is 0 Å². The number of hydrogen-bond donors (Lipinski definition) is 1. The van der Waals surface area contributed by atoms with Gasteiger partial charge in [-0.3, -0.25) is 0 Å². The molecule has 2 heterocycles. The van der Waals surface area contributed by atoms with Crippen LogP contribution in [0.25, 0.3) is 12.2 Å². The van der Waals surface area contributed by atoms with E-state index in [1.165, 1.54) is 12.0 Å². The number of benzene rings is 1. The van der Waals surface area contributed by atoms with Gasteiger partial charge in [0.15, 0.2) is 0 Å². The molecule has 140 valence electrons. The largest absolute Gasteiger partial charge is 0.412 e. The van der Waals surface area contributed by atoms with Gasteiger partial charge in [-0.1, -0.05) is 37.4 Å². The maximum atomic E-state index is 12.0. The molecule has 0 radical (unpaired) electrons. The van der Waals surface area contributed by atoms with Gasteiger partial charge in [-0.2, -0.15) is 0 Å². The quantitative estimate of drug-likeness (QED) is 0.840. The summed E-state index contributed by atoms with van der Waals surface area (Å²) in [7, 11) is 2.07. The number of hydrogen-bond acceptors (Lipinski definition) is 4. The van der Waals surface area contributed by atoms with E-state index in [2.05, 4.69) is 36.5 Å². The number of aromatic nitrogens is 1. The van der Waals surface area contributed by atoms with E-state index in [9.17, 15) is 4.79 Å². The fourth-order valence-corrected chi connectivity index (χ4v) is 3.21. The summed E-state index contributed by atoms with van der Waals surface area (Å²) in [5.74, 6) is 1.53. The van der Waals surface area contributed by atoms with Crippen molar-refractivity contribution in [2.24, 2.45) is 0 Å². The lowest BCUT2D eigenvalue weighted by Gasteiger charge is -2.26. The van der Waals surface area contributed by atoms with Gasteiger partial charge in [0.1, 0.15) is 11.6 Å². The van der Waals surface area contributed by atoms with Crippen LogP contribution in [0.1, 0.15) is 28.8 Å². The van der Waals surface area contributed by atoms with Gasteiger partial charge in [0.2, 0.25) is 0 Å². The van der Waals surface area contributed by atoms with Crippen LogP contribution in [0.2, 0.25) is 0 Å². The van der Waals surface area contributed by atoms with E-state index in [0.29, 0.717) is 18.7 Å². The summed E-state index contributed by atoms with van der Waals surface area (Å²) in [5.41, 5.74) is 4.08. The van der Waals surface area contributed by atoms with Gasteiger partial charge >= 0.3 is 6.09 Å². The SMILES string of the molecule is C=Cc1ccc(OC(=O)NCCc2ccc3c(n2)N(C)CCC3)cc1C=C. The molecule has 1 N–H and O–H groups in total. The second-order valence-corrected chi connectivity index (χ2v) is 6.58. The number of aryl methyl sites for hydroxylation is 1. The molecule has 3 rings (SSSR count). The summed E-state index contributed by atoms with van der Waals surface area (Å²) in [6.07, 6.45) is 5.87. The zero-order chi connectivity index (χ0) is 19.2. The zero-order valence-corrected chi connectivity index (χ0v) is 15.7. The van der Waals surface area contributed by atoms with Crippen LogP contribution in [0.5, 0.6) is 5.75 Å². The maximum absolute atomic E-state index is 12.0. The van der Waals surface area contributed by atoms with Crippen LogP contribution in [-0.4, -0.2) is 31.2 Å². The number of carbonyl (C=O) groups excluding carboxylic acids is 1. The van der Waals surface area contributed by atoms with Crippen LogP contribution in [0.15, 0.2) is 43.5 Å². The molecule has 1 aromatic carbocycles. The molecule has 0 bridgehead atoms. The van der Waals surface area contributed by atoms with Crippen molar-refractivity contribution in [3.63, 3.8) is 0 Å². The number of rotatable bonds is 6. The molecule has 5 heteroatoms. The number of carbonyl (C=O) groups is 1. The standard InChI is InChI=1S/C22H25N3O2/c1-4-16-9-11-20(15-17(16)5-2)27-22(26)23-13-12-19-10-8-18-7-6-14-25(3)21(18)24-19/h4-5,8-11,15H,1-2,6-7,12-14H2,3H3,(H,23,26). The van der Waals surface area contributed by atoms with E-state index in [4.69, 9.17) is 9.72 Å². The Morgan fingerprint density at radius 3 is 2.85 bits per heavy atom. The number of pyridine rings is 1. The molecule has 5 nitrogen and oxygen atoms in total. The molecule has 0 atom stereocenters. The van der Waals surface area contributed by atoms with Gasteiger partial charge in [-0.25, -0.2) is 9.78 Å². The Morgan fingerprint density at radius 2 is 2.07 bits per heavy atom. The van der Waals surface area contributed by atoms with E-state index >= 15 is 0 Å². The number of fused-ring (bicyclic) bond motifs is 1. The minimum Gasteiger partial charge on any atom is -0.410 e. The summed E-state index contributed by atoms with van der Waals surface area (Å²) in [4.78, 5) is 19.0. The highest BCUT2D eigenvalue weighted by Gasteiger charge is 2.15. The second kappa shape index (κ2) is 8.54. The van der Waals surface area contributed by atoms with Gasteiger partial charge in [-0.05, 0) is 47.7 Å². The summed E-state index contributed by atoms with van der Waals surface area (Å²) >= 11 is 0. The van der Waals surface area contributed by atoms with Crippen molar-refractivity contribution >= 4 is 24.1 Å². The molecule has 1 amide bonds. The van der Waals surface area contributed by atoms with Crippen molar-refractivity contribution in [3.8, 4) is 5.75 Å². The van der Waals surface area contributed by atoms with Gasteiger partial charge in [0.05, 0.1) is 0 Å².